The number of β-amino-alcohol motifs (C(OH)–C–C–N with tert-alkyl or cyclic N) is 1. The Hall–Kier alpha value is -0.730. The fraction of sp³-hybridized carbons (Fsp3) is 0.857. The zero-order chi connectivity index (χ0) is 11.2. The Kier molecular flexibility index (Phi) is 5.58. The molecule has 0 bridgehead atoms. The van der Waals surface area contributed by atoms with Crippen molar-refractivity contribution in [2.75, 3.05) is 26.4 Å². The summed E-state index contributed by atoms with van der Waals surface area (Å²) in [6.45, 7) is -2.05. The first-order chi connectivity index (χ1) is 6.51. The lowest BCUT2D eigenvalue weighted by Gasteiger charge is -2.29. The Labute approximate surface area is 80.6 Å². The van der Waals surface area contributed by atoms with Crippen LogP contribution in [0.5, 0.6) is 0 Å². The Balaban J connectivity index is 4.12. The van der Waals surface area contributed by atoms with Gasteiger partial charge in [-0.05, 0) is 0 Å². The van der Waals surface area contributed by atoms with Crippen LogP contribution in [0.1, 0.15) is 0 Å². The summed E-state index contributed by atoms with van der Waals surface area (Å²) in [4.78, 5) is 10.2. The molecule has 0 heterocycles. The second-order valence-corrected chi connectivity index (χ2v) is 2.99. The van der Waals surface area contributed by atoms with Crippen molar-refractivity contribution in [2.45, 2.75) is 11.6 Å². The summed E-state index contributed by atoms with van der Waals surface area (Å²) >= 11 is 0. The highest BCUT2D eigenvalue weighted by atomic mass is 16.4. The predicted molar refractivity (Wildman–Crippen MR) is 45.6 cm³/mol. The molecule has 1 atom stereocenters. The minimum atomic E-state index is -1.64. The van der Waals surface area contributed by atoms with Crippen LogP contribution in [-0.2, 0) is 4.79 Å². The van der Waals surface area contributed by atoms with Gasteiger partial charge >= 0.3 is 5.97 Å². The van der Waals surface area contributed by atoms with Gasteiger partial charge in [-0.25, -0.2) is 4.79 Å². The van der Waals surface area contributed by atoms with Gasteiger partial charge in [-0.15, -0.1) is 0 Å². The number of hydrogen-bond acceptors (Lipinski definition) is 6. The maximum Gasteiger partial charge on any atom is 0.333 e. The molecule has 0 aromatic heterocycles. The van der Waals surface area contributed by atoms with Crippen LogP contribution in [-0.4, -0.2) is 69.5 Å². The van der Waals surface area contributed by atoms with E-state index in [0.717, 1.165) is 0 Å². The first-order valence-corrected chi connectivity index (χ1v) is 4.00. The minimum absolute atomic E-state index is 0.364. The number of hydrogen-bond donors (Lipinski definition) is 6. The smallest absolute Gasteiger partial charge is 0.333 e. The van der Waals surface area contributed by atoms with Crippen molar-refractivity contribution in [3.63, 3.8) is 0 Å². The van der Waals surface area contributed by atoms with E-state index in [2.05, 4.69) is 5.32 Å². The predicted octanol–water partition coefficient (Wildman–Crippen LogP) is -3.26. The van der Waals surface area contributed by atoms with E-state index in [9.17, 15) is 4.79 Å². The number of aliphatic hydroxyl groups excluding tert-OH is 4. The van der Waals surface area contributed by atoms with Crippen LogP contribution < -0.4 is 5.32 Å². The largest absolute Gasteiger partial charge is 0.479 e. The highest BCUT2D eigenvalue weighted by molar-refractivity contribution is 5.72. The number of aliphatic carboxylic acids is 1. The van der Waals surface area contributed by atoms with Gasteiger partial charge < -0.3 is 30.8 Å². The van der Waals surface area contributed by atoms with Crippen molar-refractivity contribution in [3.05, 3.63) is 0 Å². The maximum atomic E-state index is 10.2. The molecule has 6 N–H and O–H groups in total. The van der Waals surface area contributed by atoms with E-state index in [1.54, 1.807) is 0 Å². The van der Waals surface area contributed by atoms with Crippen molar-refractivity contribution in [1.29, 1.82) is 0 Å². The SMILES string of the molecule is O=C(O)C(O)CNC(CO)(CO)CO. The molecular formula is C7H15NO6. The van der Waals surface area contributed by atoms with Gasteiger partial charge in [-0.1, -0.05) is 0 Å². The lowest BCUT2D eigenvalue weighted by molar-refractivity contribution is -0.146. The van der Waals surface area contributed by atoms with Crippen molar-refractivity contribution in [1.82, 2.24) is 5.32 Å². The molecule has 0 aliphatic carbocycles. The van der Waals surface area contributed by atoms with Gasteiger partial charge in [0.1, 0.15) is 0 Å². The number of aliphatic hydroxyl groups is 4. The van der Waals surface area contributed by atoms with E-state index in [0.29, 0.717) is 0 Å². The molecule has 84 valence electrons. The summed E-state index contributed by atoms with van der Waals surface area (Å²) in [5.74, 6) is -1.42. The highest BCUT2D eigenvalue weighted by Crippen LogP contribution is 2.01. The van der Waals surface area contributed by atoms with Crippen LogP contribution in [0, 0.1) is 0 Å². The van der Waals surface area contributed by atoms with Gasteiger partial charge in [-0.3, -0.25) is 0 Å². The number of carbonyl (C=O) groups is 1. The van der Waals surface area contributed by atoms with Crippen LogP contribution in [0.25, 0.3) is 0 Å². The van der Waals surface area contributed by atoms with Crippen LogP contribution >= 0.6 is 0 Å². The number of carboxylic acids is 1. The van der Waals surface area contributed by atoms with Crippen molar-refractivity contribution < 1.29 is 30.3 Å². The quantitative estimate of drug-likeness (QED) is 0.259. The second kappa shape index (κ2) is 5.89. The van der Waals surface area contributed by atoms with Crippen LogP contribution in [0.15, 0.2) is 0 Å². The fourth-order valence-electron chi connectivity index (χ4n) is 0.718. The van der Waals surface area contributed by atoms with Gasteiger partial charge in [0, 0.05) is 6.54 Å². The first kappa shape index (κ1) is 13.3. The molecule has 0 aromatic rings. The molecule has 0 saturated heterocycles. The third-order valence-corrected chi connectivity index (χ3v) is 1.86. The van der Waals surface area contributed by atoms with Crippen molar-refractivity contribution >= 4 is 5.97 Å². The molecule has 0 radical (unpaired) electrons. The topological polar surface area (TPSA) is 130 Å². The zero-order valence-electron chi connectivity index (χ0n) is 7.55. The third-order valence-electron chi connectivity index (χ3n) is 1.86. The van der Waals surface area contributed by atoms with Gasteiger partial charge in [0.05, 0.1) is 25.4 Å². The van der Waals surface area contributed by atoms with Crippen LogP contribution in [0.3, 0.4) is 0 Å². The molecule has 0 rings (SSSR count). The summed E-state index contributed by atoms with van der Waals surface area (Å²) < 4.78 is 0. The Morgan fingerprint density at radius 2 is 1.64 bits per heavy atom. The molecule has 0 saturated carbocycles. The summed E-state index contributed by atoms with van der Waals surface area (Å²) in [6.07, 6.45) is -1.64. The molecule has 14 heavy (non-hydrogen) atoms. The van der Waals surface area contributed by atoms with E-state index in [1.807, 2.05) is 0 Å². The summed E-state index contributed by atoms with van der Waals surface area (Å²) in [5.41, 5.74) is -1.36. The van der Waals surface area contributed by atoms with E-state index in [1.165, 1.54) is 0 Å². The van der Waals surface area contributed by atoms with Gasteiger partial charge in [0.2, 0.25) is 0 Å². The Morgan fingerprint density at radius 1 is 1.21 bits per heavy atom. The molecule has 1 unspecified atom stereocenters. The van der Waals surface area contributed by atoms with E-state index in [-0.39, 0.29) is 6.54 Å². The average molecular weight is 209 g/mol. The van der Waals surface area contributed by atoms with Crippen molar-refractivity contribution in [3.8, 4) is 0 Å². The molecule has 0 amide bonds. The lowest BCUT2D eigenvalue weighted by atomic mass is 10.0. The number of nitrogens with one attached hydrogen (secondary N) is 1. The molecule has 0 aliphatic rings. The van der Waals surface area contributed by atoms with E-state index in [4.69, 9.17) is 25.5 Å². The summed E-state index contributed by atoms with van der Waals surface area (Å²) in [6, 6.07) is 0. The second-order valence-electron chi connectivity index (χ2n) is 2.99. The van der Waals surface area contributed by atoms with Crippen LogP contribution in [0.4, 0.5) is 0 Å². The van der Waals surface area contributed by atoms with Gasteiger partial charge in [0.25, 0.3) is 0 Å². The Bertz CT molecular complexity index is 173. The minimum Gasteiger partial charge on any atom is -0.479 e. The molecule has 7 nitrogen and oxygen atoms in total. The number of carboxylic acid groups (broad SMARTS) is 1. The lowest BCUT2D eigenvalue weighted by Crippen LogP contribution is -2.57. The summed E-state index contributed by atoms with van der Waals surface area (Å²) in [7, 11) is 0. The normalized spacial score (nSPS) is 14.0. The molecule has 7 heteroatoms. The molecule has 0 fully saturated rings. The van der Waals surface area contributed by atoms with E-state index < -0.39 is 37.4 Å². The molecule has 0 aromatic carbocycles. The molecule has 0 aliphatic heterocycles. The molecular weight excluding hydrogens is 194 g/mol. The van der Waals surface area contributed by atoms with Gasteiger partial charge in [-0.2, -0.15) is 0 Å². The van der Waals surface area contributed by atoms with Crippen molar-refractivity contribution in [2.24, 2.45) is 0 Å². The summed E-state index contributed by atoms with van der Waals surface area (Å²) in [5, 5.41) is 46.0. The molecule has 0 spiro atoms. The number of rotatable bonds is 7. The zero-order valence-corrected chi connectivity index (χ0v) is 7.55. The van der Waals surface area contributed by atoms with E-state index >= 15 is 0 Å². The third kappa shape index (κ3) is 3.56. The fourth-order valence-corrected chi connectivity index (χ4v) is 0.718. The highest BCUT2D eigenvalue weighted by Gasteiger charge is 2.29. The van der Waals surface area contributed by atoms with Crippen LogP contribution in [0.2, 0.25) is 0 Å². The van der Waals surface area contributed by atoms with Gasteiger partial charge in [0.15, 0.2) is 6.10 Å². The maximum absolute atomic E-state index is 10.2. The monoisotopic (exact) mass is 209 g/mol. The first-order valence-electron chi connectivity index (χ1n) is 4.00. The average Bonchev–Trinajstić information content (AvgIpc) is 2.20. The standard InChI is InChI=1S/C7H15NO6/c9-2-7(3-10,4-11)8-1-5(12)6(13)14/h5,8-12H,1-4H2,(H,13,14). The Morgan fingerprint density at radius 3 is 1.93 bits per heavy atom.